The van der Waals surface area contributed by atoms with Gasteiger partial charge in [0.15, 0.2) is 0 Å². The van der Waals surface area contributed by atoms with Gasteiger partial charge in [0.1, 0.15) is 24.0 Å². The van der Waals surface area contributed by atoms with Crippen molar-refractivity contribution >= 4 is 44.6 Å². The summed E-state index contributed by atoms with van der Waals surface area (Å²) in [5.74, 6) is 2.96. The highest BCUT2D eigenvalue weighted by atomic mass is 16.5. The molecule has 3 heterocycles. The lowest BCUT2D eigenvalue weighted by Crippen LogP contribution is -2.24. The maximum Gasteiger partial charge on any atom is 0.137 e. The quantitative estimate of drug-likeness (QED) is 0.154. The Labute approximate surface area is 349 Å². The summed E-state index contributed by atoms with van der Waals surface area (Å²) in [7, 11) is 0. The standard InChI is InChI=1S/C54H54N4O/c1-36(2)30-38-31-52(55-34-47(38)37-20-22-39(23-21-37)53(3,4)5)58-48-17-10-9-16-45(48)46-29-28-44(33-51(46)58)59-43-15-13-14-42(32-43)57-35-56(49-18-11-12-19-50(49)57)41-26-24-40(25-27-41)54(6,7)8/h9-29,31-34,36H,30,35H2,1-8H3. The average molecular weight is 775 g/mol. The molecular weight excluding hydrogens is 721 g/mol. The highest BCUT2D eigenvalue weighted by molar-refractivity contribution is 6.09. The highest BCUT2D eigenvalue weighted by Gasteiger charge is 2.28. The molecule has 59 heavy (non-hydrogen) atoms. The van der Waals surface area contributed by atoms with E-state index in [9.17, 15) is 0 Å². The Morgan fingerprint density at radius 1 is 0.576 bits per heavy atom. The predicted octanol–water partition coefficient (Wildman–Crippen LogP) is 14.7. The van der Waals surface area contributed by atoms with Gasteiger partial charge in [0.25, 0.3) is 0 Å². The van der Waals surface area contributed by atoms with Crippen LogP contribution in [0.1, 0.15) is 72.1 Å². The molecule has 0 saturated carbocycles. The number of hydrogen-bond acceptors (Lipinski definition) is 4. The monoisotopic (exact) mass is 774 g/mol. The van der Waals surface area contributed by atoms with Crippen molar-refractivity contribution in [2.45, 2.75) is 72.6 Å². The number of nitrogens with zero attached hydrogens (tertiary/aromatic N) is 4. The zero-order valence-electron chi connectivity index (χ0n) is 35.6. The van der Waals surface area contributed by atoms with Gasteiger partial charge in [-0.2, -0.15) is 0 Å². The van der Waals surface area contributed by atoms with Crippen LogP contribution in [0.15, 0.2) is 152 Å². The van der Waals surface area contributed by atoms with E-state index in [1.165, 1.54) is 55.7 Å². The Morgan fingerprint density at radius 2 is 1.19 bits per heavy atom. The SMILES string of the molecule is CC(C)Cc1cc(-n2c3ccccc3c3ccc(Oc4cccc(N5CN(c6ccc(C(C)(C)C)cc6)c6ccccc65)c4)cc32)ncc1-c1ccc(C(C)(C)C)cc1. The number of benzene rings is 6. The molecule has 296 valence electrons. The summed E-state index contributed by atoms with van der Waals surface area (Å²) in [5.41, 5.74) is 13.4. The summed E-state index contributed by atoms with van der Waals surface area (Å²) in [4.78, 5) is 9.93. The van der Waals surface area contributed by atoms with Crippen molar-refractivity contribution in [1.29, 1.82) is 0 Å². The molecular formula is C54H54N4O. The smallest absolute Gasteiger partial charge is 0.137 e. The molecule has 0 bridgehead atoms. The molecule has 1 aliphatic rings. The Balaban J connectivity index is 1.06. The summed E-state index contributed by atoms with van der Waals surface area (Å²) >= 11 is 0. The van der Waals surface area contributed by atoms with Crippen molar-refractivity contribution in [3.05, 3.63) is 168 Å². The molecule has 8 aromatic rings. The van der Waals surface area contributed by atoms with Crippen LogP contribution in [-0.4, -0.2) is 16.2 Å². The number of rotatable bonds is 8. The second kappa shape index (κ2) is 14.8. The fraction of sp³-hybridized carbons (Fsp3) is 0.241. The number of hydrogen-bond donors (Lipinski definition) is 0. The number of anilines is 4. The van der Waals surface area contributed by atoms with Gasteiger partial charge >= 0.3 is 0 Å². The largest absolute Gasteiger partial charge is 0.457 e. The van der Waals surface area contributed by atoms with E-state index in [2.05, 4.69) is 215 Å². The first-order valence-electron chi connectivity index (χ1n) is 21.0. The average Bonchev–Trinajstić information content (AvgIpc) is 3.76. The molecule has 2 aromatic heterocycles. The van der Waals surface area contributed by atoms with Gasteiger partial charge in [-0.25, -0.2) is 4.98 Å². The molecule has 9 rings (SSSR count). The third-order valence-electron chi connectivity index (χ3n) is 11.7. The molecule has 6 aromatic carbocycles. The van der Waals surface area contributed by atoms with Gasteiger partial charge in [0.2, 0.25) is 0 Å². The molecule has 5 nitrogen and oxygen atoms in total. The van der Waals surface area contributed by atoms with Gasteiger partial charge in [0, 0.05) is 46.0 Å². The molecule has 1 aliphatic heterocycles. The van der Waals surface area contributed by atoms with Crippen molar-refractivity contribution in [3.8, 4) is 28.4 Å². The van der Waals surface area contributed by atoms with E-state index in [-0.39, 0.29) is 10.8 Å². The summed E-state index contributed by atoms with van der Waals surface area (Å²) in [5, 5.41) is 2.36. The number of para-hydroxylation sites is 3. The van der Waals surface area contributed by atoms with Crippen molar-refractivity contribution in [2.75, 3.05) is 16.5 Å². The lowest BCUT2D eigenvalue weighted by molar-refractivity contribution is 0.483. The van der Waals surface area contributed by atoms with Crippen molar-refractivity contribution in [3.63, 3.8) is 0 Å². The van der Waals surface area contributed by atoms with Crippen molar-refractivity contribution in [2.24, 2.45) is 5.92 Å². The van der Waals surface area contributed by atoms with Crippen molar-refractivity contribution < 1.29 is 4.74 Å². The Morgan fingerprint density at radius 3 is 1.86 bits per heavy atom. The Bertz CT molecular complexity index is 2800. The van der Waals surface area contributed by atoms with E-state index in [1.54, 1.807) is 0 Å². The number of ether oxygens (including phenoxy) is 1. The van der Waals surface area contributed by atoms with Gasteiger partial charge in [-0.1, -0.05) is 128 Å². The Hall–Kier alpha value is -6.33. The molecule has 0 aliphatic carbocycles. The predicted molar refractivity (Wildman–Crippen MR) is 248 cm³/mol. The van der Waals surface area contributed by atoms with Crippen LogP contribution in [0.4, 0.5) is 22.7 Å². The van der Waals surface area contributed by atoms with Gasteiger partial charge in [-0.15, -0.1) is 0 Å². The maximum absolute atomic E-state index is 6.73. The third kappa shape index (κ3) is 7.35. The number of aromatic nitrogens is 2. The van der Waals surface area contributed by atoms with Crippen LogP contribution < -0.4 is 14.5 Å². The first-order chi connectivity index (χ1) is 28.3. The van der Waals surface area contributed by atoms with E-state index in [0.717, 1.165) is 40.5 Å². The highest BCUT2D eigenvalue weighted by Crippen LogP contribution is 2.45. The van der Waals surface area contributed by atoms with Crippen LogP contribution in [0.5, 0.6) is 11.5 Å². The van der Waals surface area contributed by atoms with Crippen molar-refractivity contribution in [1.82, 2.24) is 9.55 Å². The number of fused-ring (bicyclic) bond motifs is 4. The van der Waals surface area contributed by atoms with Gasteiger partial charge in [-0.05, 0) is 106 Å². The summed E-state index contributed by atoms with van der Waals surface area (Å²) in [6.07, 6.45) is 3.03. The first-order valence-corrected chi connectivity index (χ1v) is 21.0. The third-order valence-corrected chi connectivity index (χ3v) is 11.7. The molecule has 5 heteroatoms. The zero-order chi connectivity index (χ0) is 41.1. The first kappa shape index (κ1) is 38.2. The molecule has 0 N–H and O–H groups in total. The molecule has 0 fully saturated rings. The minimum Gasteiger partial charge on any atom is -0.457 e. The van der Waals surface area contributed by atoms with Crippen LogP contribution in [0, 0.1) is 5.92 Å². The second-order valence-corrected chi connectivity index (χ2v) is 18.5. The minimum absolute atomic E-state index is 0.102. The minimum atomic E-state index is 0.102. The molecule has 0 spiro atoms. The van der Waals surface area contributed by atoms with E-state index in [0.29, 0.717) is 12.6 Å². The molecule has 0 saturated heterocycles. The van der Waals surface area contributed by atoms with E-state index in [1.807, 2.05) is 6.07 Å². The van der Waals surface area contributed by atoms with E-state index < -0.39 is 0 Å². The van der Waals surface area contributed by atoms with E-state index in [4.69, 9.17) is 9.72 Å². The summed E-state index contributed by atoms with van der Waals surface area (Å²) in [6.45, 7) is 18.8. The topological polar surface area (TPSA) is 33.5 Å². The van der Waals surface area contributed by atoms with Gasteiger partial charge in [0.05, 0.1) is 22.4 Å². The van der Waals surface area contributed by atoms with Crippen LogP contribution in [-0.2, 0) is 17.3 Å². The summed E-state index contributed by atoms with van der Waals surface area (Å²) < 4.78 is 9.03. The lowest BCUT2D eigenvalue weighted by atomic mass is 9.86. The Kier molecular flexibility index (Phi) is 9.58. The van der Waals surface area contributed by atoms with Crippen LogP contribution in [0.25, 0.3) is 38.8 Å². The number of pyridine rings is 1. The van der Waals surface area contributed by atoms with Crippen LogP contribution in [0.3, 0.4) is 0 Å². The van der Waals surface area contributed by atoms with Gasteiger partial charge < -0.3 is 14.5 Å². The lowest BCUT2D eigenvalue weighted by Gasteiger charge is -2.24. The van der Waals surface area contributed by atoms with Crippen LogP contribution >= 0.6 is 0 Å². The van der Waals surface area contributed by atoms with E-state index >= 15 is 0 Å². The van der Waals surface area contributed by atoms with Crippen LogP contribution in [0.2, 0.25) is 0 Å². The molecule has 0 amide bonds. The van der Waals surface area contributed by atoms with Gasteiger partial charge in [-0.3, -0.25) is 4.57 Å². The normalized spacial score (nSPS) is 13.2. The molecule has 0 radical (unpaired) electrons. The second-order valence-electron chi connectivity index (χ2n) is 18.5. The molecule has 0 unspecified atom stereocenters. The molecule has 0 atom stereocenters. The summed E-state index contributed by atoms with van der Waals surface area (Å²) in [6, 6.07) is 52.5. The maximum atomic E-state index is 6.73. The zero-order valence-corrected chi connectivity index (χ0v) is 35.6. The fourth-order valence-electron chi connectivity index (χ4n) is 8.53. The fourth-order valence-corrected chi connectivity index (χ4v) is 8.53.